The lowest BCUT2D eigenvalue weighted by Crippen LogP contribution is -2.12. The van der Waals surface area contributed by atoms with Crippen LogP contribution in [0.5, 0.6) is 0 Å². The predicted octanol–water partition coefficient (Wildman–Crippen LogP) is 4.91. The summed E-state index contributed by atoms with van der Waals surface area (Å²) in [5.74, 6) is 0.436. The SMILES string of the molecule is CCOC(=O)c1c(-c2ccc(C)o2)csc1NC(=O)/C=C/c1csc(C)n1. The van der Waals surface area contributed by atoms with E-state index in [0.29, 0.717) is 21.9 Å². The molecular weight excluding hydrogens is 384 g/mol. The number of hydrogen-bond donors (Lipinski definition) is 1. The second-order valence-corrected chi connectivity index (χ2v) is 7.54. The van der Waals surface area contributed by atoms with E-state index in [9.17, 15) is 9.59 Å². The number of aryl methyl sites for hydroxylation is 2. The van der Waals surface area contributed by atoms with Crippen LogP contribution >= 0.6 is 22.7 Å². The van der Waals surface area contributed by atoms with Crippen molar-refractivity contribution in [1.82, 2.24) is 4.98 Å². The normalized spacial score (nSPS) is 11.1. The van der Waals surface area contributed by atoms with Gasteiger partial charge in [0.15, 0.2) is 0 Å². The molecule has 140 valence electrons. The smallest absolute Gasteiger partial charge is 0.341 e. The Balaban J connectivity index is 1.86. The van der Waals surface area contributed by atoms with Crippen LogP contribution in [0.1, 0.15) is 33.7 Å². The van der Waals surface area contributed by atoms with Gasteiger partial charge in [0.05, 0.1) is 17.3 Å². The summed E-state index contributed by atoms with van der Waals surface area (Å²) in [6, 6.07) is 3.61. The molecule has 0 saturated carbocycles. The van der Waals surface area contributed by atoms with E-state index in [-0.39, 0.29) is 12.5 Å². The van der Waals surface area contributed by atoms with E-state index >= 15 is 0 Å². The van der Waals surface area contributed by atoms with Crippen molar-refractivity contribution in [2.45, 2.75) is 20.8 Å². The number of rotatable bonds is 6. The molecule has 0 bridgehead atoms. The lowest BCUT2D eigenvalue weighted by atomic mass is 10.1. The van der Waals surface area contributed by atoms with E-state index in [1.165, 1.54) is 28.7 Å². The van der Waals surface area contributed by atoms with Gasteiger partial charge in [-0.15, -0.1) is 22.7 Å². The fourth-order valence-corrected chi connectivity index (χ4v) is 3.91. The largest absolute Gasteiger partial charge is 0.462 e. The van der Waals surface area contributed by atoms with Crippen LogP contribution in [0, 0.1) is 13.8 Å². The quantitative estimate of drug-likeness (QED) is 0.468. The first-order valence-electron chi connectivity index (χ1n) is 8.24. The van der Waals surface area contributed by atoms with Crippen LogP contribution in [0.3, 0.4) is 0 Å². The highest BCUT2D eigenvalue weighted by molar-refractivity contribution is 7.15. The third-order valence-electron chi connectivity index (χ3n) is 3.56. The standard InChI is InChI=1S/C19H18N2O4S2/c1-4-24-19(23)17-14(15-7-5-11(2)25-15)10-27-18(17)21-16(22)8-6-13-9-26-12(3)20-13/h5-10H,4H2,1-3H3,(H,21,22)/b8-6+. The Morgan fingerprint density at radius 3 is 2.70 bits per heavy atom. The summed E-state index contributed by atoms with van der Waals surface area (Å²) in [5, 5.41) is 7.73. The second-order valence-electron chi connectivity index (χ2n) is 5.60. The fraction of sp³-hybridized carbons (Fsp3) is 0.211. The highest BCUT2D eigenvalue weighted by atomic mass is 32.1. The molecule has 0 aromatic carbocycles. The van der Waals surface area contributed by atoms with Gasteiger partial charge in [0.25, 0.3) is 0 Å². The zero-order valence-electron chi connectivity index (χ0n) is 15.1. The van der Waals surface area contributed by atoms with Gasteiger partial charge in [0.2, 0.25) is 5.91 Å². The summed E-state index contributed by atoms with van der Waals surface area (Å²) < 4.78 is 10.8. The number of thiophene rings is 1. The zero-order valence-corrected chi connectivity index (χ0v) is 16.7. The van der Waals surface area contributed by atoms with Gasteiger partial charge in [-0.1, -0.05) is 0 Å². The molecule has 3 heterocycles. The molecule has 27 heavy (non-hydrogen) atoms. The average Bonchev–Trinajstić information content (AvgIpc) is 3.33. The van der Waals surface area contributed by atoms with Crippen molar-refractivity contribution in [3.05, 3.63) is 51.0 Å². The van der Waals surface area contributed by atoms with Crippen molar-refractivity contribution in [1.29, 1.82) is 0 Å². The Morgan fingerprint density at radius 2 is 2.07 bits per heavy atom. The summed E-state index contributed by atoms with van der Waals surface area (Å²) in [7, 11) is 0. The molecule has 0 spiro atoms. The molecule has 0 atom stereocenters. The zero-order chi connectivity index (χ0) is 19.4. The van der Waals surface area contributed by atoms with Crippen molar-refractivity contribution in [2.75, 3.05) is 11.9 Å². The molecule has 3 aromatic heterocycles. The number of amides is 1. The van der Waals surface area contributed by atoms with Crippen LogP contribution in [0.25, 0.3) is 17.4 Å². The maximum absolute atomic E-state index is 12.5. The van der Waals surface area contributed by atoms with E-state index in [4.69, 9.17) is 9.15 Å². The molecule has 8 heteroatoms. The minimum Gasteiger partial charge on any atom is -0.462 e. The van der Waals surface area contributed by atoms with E-state index in [1.54, 1.807) is 24.4 Å². The minimum atomic E-state index is -0.503. The first kappa shape index (κ1) is 19.1. The predicted molar refractivity (Wildman–Crippen MR) is 107 cm³/mol. The summed E-state index contributed by atoms with van der Waals surface area (Å²) in [6.45, 7) is 5.70. The number of anilines is 1. The molecule has 0 fully saturated rings. The lowest BCUT2D eigenvalue weighted by molar-refractivity contribution is -0.111. The van der Waals surface area contributed by atoms with Crippen molar-refractivity contribution < 1.29 is 18.7 Å². The Bertz CT molecular complexity index is 997. The van der Waals surface area contributed by atoms with Gasteiger partial charge in [-0.3, -0.25) is 4.79 Å². The van der Waals surface area contributed by atoms with Crippen molar-refractivity contribution >= 4 is 45.6 Å². The van der Waals surface area contributed by atoms with Crippen LogP contribution in [-0.4, -0.2) is 23.5 Å². The van der Waals surface area contributed by atoms with Crippen LogP contribution in [0.4, 0.5) is 5.00 Å². The molecule has 0 aliphatic carbocycles. The Hall–Kier alpha value is -2.71. The molecule has 1 N–H and O–H groups in total. The Labute approximate surface area is 164 Å². The van der Waals surface area contributed by atoms with Gasteiger partial charge in [-0.2, -0.15) is 0 Å². The summed E-state index contributed by atoms with van der Waals surface area (Å²) >= 11 is 2.76. The van der Waals surface area contributed by atoms with Gasteiger partial charge in [0, 0.05) is 22.4 Å². The van der Waals surface area contributed by atoms with E-state index < -0.39 is 5.97 Å². The van der Waals surface area contributed by atoms with Crippen molar-refractivity contribution in [3.63, 3.8) is 0 Å². The summed E-state index contributed by atoms with van der Waals surface area (Å²) in [4.78, 5) is 29.0. The second kappa shape index (κ2) is 8.32. The van der Waals surface area contributed by atoms with E-state index in [0.717, 1.165) is 16.5 Å². The number of carbonyl (C=O) groups excluding carboxylic acids is 2. The van der Waals surface area contributed by atoms with Crippen LogP contribution in [-0.2, 0) is 9.53 Å². The number of esters is 1. The highest BCUT2D eigenvalue weighted by Crippen LogP contribution is 2.37. The number of hydrogen-bond acceptors (Lipinski definition) is 7. The molecule has 0 aliphatic rings. The van der Waals surface area contributed by atoms with Crippen LogP contribution < -0.4 is 5.32 Å². The van der Waals surface area contributed by atoms with E-state index in [2.05, 4.69) is 10.3 Å². The van der Waals surface area contributed by atoms with Gasteiger partial charge in [-0.25, -0.2) is 9.78 Å². The number of aromatic nitrogens is 1. The maximum atomic E-state index is 12.5. The first-order valence-corrected chi connectivity index (χ1v) is 10.0. The molecule has 0 radical (unpaired) electrons. The number of nitrogens with one attached hydrogen (secondary N) is 1. The number of carbonyl (C=O) groups is 2. The monoisotopic (exact) mass is 402 g/mol. The molecule has 0 unspecified atom stereocenters. The molecule has 3 aromatic rings. The average molecular weight is 402 g/mol. The molecule has 1 amide bonds. The molecular formula is C19H18N2O4S2. The number of ether oxygens (including phenoxy) is 1. The highest BCUT2D eigenvalue weighted by Gasteiger charge is 2.24. The lowest BCUT2D eigenvalue weighted by Gasteiger charge is -2.06. The van der Waals surface area contributed by atoms with Crippen molar-refractivity contribution in [2.24, 2.45) is 0 Å². The van der Waals surface area contributed by atoms with Gasteiger partial charge in [0.1, 0.15) is 22.1 Å². The van der Waals surface area contributed by atoms with Gasteiger partial charge < -0.3 is 14.5 Å². The third kappa shape index (κ3) is 4.53. The van der Waals surface area contributed by atoms with Crippen LogP contribution in [0.2, 0.25) is 0 Å². The number of furan rings is 1. The topological polar surface area (TPSA) is 81.4 Å². The van der Waals surface area contributed by atoms with E-state index in [1.807, 2.05) is 25.3 Å². The van der Waals surface area contributed by atoms with Crippen molar-refractivity contribution in [3.8, 4) is 11.3 Å². The molecule has 3 rings (SSSR count). The Kier molecular flexibility index (Phi) is 5.88. The molecule has 0 saturated heterocycles. The molecule has 0 aliphatic heterocycles. The Morgan fingerprint density at radius 1 is 1.26 bits per heavy atom. The van der Waals surface area contributed by atoms with Crippen LogP contribution in [0.15, 0.2) is 33.4 Å². The fourth-order valence-electron chi connectivity index (χ4n) is 2.39. The summed E-state index contributed by atoms with van der Waals surface area (Å²) in [6.07, 6.45) is 3.02. The number of nitrogens with zero attached hydrogens (tertiary/aromatic N) is 1. The minimum absolute atomic E-state index is 0.238. The maximum Gasteiger partial charge on any atom is 0.341 e. The van der Waals surface area contributed by atoms with Gasteiger partial charge in [-0.05, 0) is 39.0 Å². The summed E-state index contributed by atoms with van der Waals surface area (Å²) in [5.41, 5.74) is 1.61. The molecule has 6 nitrogen and oxygen atoms in total. The number of thiazole rings is 1. The first-order chi connectivity index (χ1) is 13.0. The third-order valence-corrected chi connectivity index (χ3v) is 5.24. The van der Waals surface area contributed by atoms with Gasteiger partial charge >= 0.3 is 5.97 Å².